The van der Waals surface area contributed by atoms with Crippen LogP contribution in [0.15, 0.2) is 18.2 Å². The van der Waals surface area contributed by atoms with Gasteiger partial charge in [-0.2, -0.15) is 0 Å². The molecule has 0 bridgehead atoms. The molecule has 2 rings (SSSR count). The number of hydrogen-bond acceptors (Lipinski definition) is 2. The summed E-state index contributed by atoms with van der Waals surface area (Å²) in [5.41, 5.74) is 7.25. The minimum atomic E-state index is 0.129. The summed E-state index contributed by atoms with van der Waals surface area (Å²) in [5.74, 6) is 0. The third-order valence-electron chi connectivity index (χ3n) is 3.63. The highest BCUT2D eigenvalue weighted by atomic mass is 35.5. The van der Waals surface area contributed by atoms with Crippen LogP contribution in [0, 0.1) is 0 Å². The fourth-order valence-corrected chi connectivity index (χ4v) is 2.99. The molecular weight excluding hydrogens is 281 g/mol. The van der Waals surface area contributed by atoms with E-state index >= 15 is 0 Å². The normalized spacial score (nSPS) is 21.3. The fraction of sp³-hybridized carbons (Fsp3) is 0.600. The van der Waals surface area contributed by atoms with E-state index in [1.54, 1.807) is 6.07 Å². The number of nitrogens with two attached hydrogens (primary N) is 1. The molecule has 0 aliphatic carbocycles. The summed E-state index contributed by atoms with van der Waals surface area (Å²) in [7, 11) is 0. The van der Waals surface area contributed by atoms with Crippen LogP contribution in [0.1, 0.15) is 37.7 Å². The van der Waals surface area contributed by atoms with Gasteiger partial charge < -0.3 is 10.5 Å². The monoisotopic (exact) mass is 301 g/mol. The lowest BCUT2D eigenvalue weighted by atomic mass is 9.98. The van der Waals surface area contributed by atoms with Gasteiger partial charge in [0.1, 0.15) is 0 Å². The molecule has 0 aromatic heterocycles. The molecule has 19 heavy (non-hydrogen) atoms. The van der Waals surface area contributed by atoms with Gasteiger partial charge in [0.2, 0.25) is 0 Å². The third kappa shape index (κ3) is 4.96. The van der Waals surface area contributed by atoms with E-state index in [0.29, 0.717) is 16.1 Å². The van der Waals surface area contributed by atoms with Gasteiger partial charge in [-0.05, 0) is 56.2 Å². The molecule has 1 aromatic rings. The van der Waals surface area contributed by atoms with Crippen molar-refractivity contribution in [1.29, 1.82) is 0 Å². The van der Waals surface area contributed by atoms with Crippen LogP contribution in [-0.2, 0) is 11.2 Å². The molecule has 2 unspecified atom stereocenters. The molecule has 106 valence electrons. The Hall–Kier alpha value is -0.280. The minimum Gasteiger partial charge on any atom is -0.378 e. The third-order valence-corrected chi connectivity index (χ3v) is 4.22. The summed E-state index contributed by atoms with van der Waals surface area (Å²) in [6.45, 7) is 0.906. The number of benzene rings is 1. The Morgan fingerprint density at radius 3 is 2.84 bits per heavy atom. The summed E-state index contributed by atoms with van der Waals surface area (Å²) in [6.07, 6.45) is 6.87. The predicted octanol–water partition coefficient (Wildman–Crippen LogP) is 4.21. The van der Waals surface area contributed by atoms with Crippen LogP contribution in [0.2, 0.25) is 10.0 Å². The standard InChI is InChI=1S/C15H21Cl2NO/c16-12-5-4-11(15(17)10-12)9-13(18)6-7-14-3-1-2-8-19-14/h4-5,10,13-14H,1-3,6-9,18H2. The van der Waals surface area contributed by atoms with Gasteiger partial charge in [-0.3, -0.25) is 0 Å². The maximum absolute atomic E-state index is 6.18. The molecule has 2 nitrogen and oxygen atoms in total. The molecule has 1 heterocycles. The van der Waals surface area contributed by atoms with Crippen LogP contribution in [-0.4, -0.2) is 18.8 Å². The van der Waals surface area contributed by atoms with Gasteiger partial charge >= 0.3 is 0 Å². The highest BCUT2D eigenvalue weighted by Crippen LogP contribution is 2.23. The summed E-state index contributed by atoms with van der Waals surface area (Å²) in [6, 6.07) is 5.72. The van der Waals surface area contributed by atoms with E-state index in [4.69, 9.17) is 33.7 Å². The second kappa shape index (κ2) is 7.49. The Bertz CT molecular complexity index is 405. The number of halogens is 2. The maximum Gasteiger partial charge on any atom is 0.0575 e. The van der Waals surface area contributed by atoms with E-state index < -0.39 is 0 Å². The van der Waals surface area contributed by atoms with Gasteiger partial charge in [0.25, 0.3) is 0 Å². The molecule has 1 aliphatic heterocycles. The average Bonchev–Trinajstić information content (AvgIpc) is 2.41. The summed E-state index contributed by atoms with van der Waals surface area (Å²) < 4.78 is 5.72. The van der Waals surface area contributed by atoms with E-state index in [1.165, 1.54) is 19.3 Å². The molecule has 0 spiro atoms. The zero-order valence-electron chi connectivity index (χ0n) is 11.1. The van der Waals surface area contributed by atoms with E-state index in [1.807, 2.05) is 12.1 Å². The lowest BCUT2D eigenvalue weighted by molar-refractivity contribution is 0.00916. The predicted molar refractivity (Wildman–Crippen MR) is 81.0 cm³/mol. The van der Waals surface area contributed by atoms with E-state index in [9.17, 15) is 0 Å². The molecule has 1 aliphatic rings. The fourth-order valence-electron chi connectivity index (χ4n) is 2.51. The number of rotatable bonds is 5. The zero-order valence-corrected chi connectivity index (χ0v) is 12.6. The second-order valence-electron chi connectivity index (χ2n) is 5.27. The minimum absolute atomic E-state index is 0.129. The Kier molecular flexibility index (Phi) is 5.96. The lowest BCUT2D eigenvalue weighted by Crippen LogP contribution is -2.27. The first-order chi connectivity index (χ1) is 9.15. The Labute approximate surface area is 125 Å². The van der Waals surface area contributed by atoms with Gasteiger partial charge in [0.05, 0.1) is 6.10 Å². The quantitative estimate of drug-likeness (QED) is 0.884. The van der Waals surface area contributed by atoms with Crippen molar-refractivity contribution in [2.45, 2.75) is 50.7 Å². The summed E-state index contributed by atoms with van der Waals surface area (Å²) in [5, 5.41) is 1.37. The number of ether oxygens (including phenoxy) is 1. The molecular formula is C15H21Cl2NO. The van der Waals surface area contributed by atoms with Crippen molar-refractivity contribution in [2.75, 3.05) is 6.61 Å². The van der Waals surface area contributed by atoms with Crippen molar-refractivity contribution in [3.05, 3.63) is 33.8 Å². The van der Waals surface area contributed by atoms with Crippen LogP contribution in [0.25, 0.3) is 0 Å². The molecule has 1 saturated heterocycles. The van der Waals surface area contributed by atoms with Crippen LogP contribution in [0.3, 0.4) is 0 Å². The van der Waals surface area contributed by atoms with Gasteiger partial charge in [-0.1, -0.05) is 29.3 Å². The van der Waals surface area contributed by atoms with E-state index in [0.717, 1.165) is 31.4 Å². The van der Waals surface area contributed by atoms with Crippen molar-refractivity contribution >= 4 is 23.2 Å². The van der Waals surface area contributed by atoms with E-state index in [-0.39, 0.29) is 6.04 Å². The zero-order chi connectivity index (χ0) is 13.7. The largest absolute Gasteiger partial charge is 0.378 e. The lowest BCUT2D eigenvalue weighted by Gasteiger charge is -2.23. The molecule has 1 aromatic carbocycles. The topological polar surface area (TPSA) is 35.2 Å². The summed E-state index contributed by atoms with van der Waals surface area (Å²) in [4.78, 5) is 0. The molecule has 1 fully saturated rings. The summed E-state index contributed by atoms with van der Waals surface area (Å²) >= 11 is 12.0. The maximum atomic E-state index is 6.18. The van der Waals surface area contributed by atoms with Crippen molar-refractivity contribution in [3.8, 4) is 0 Å². The first kappa shape index (κ1) is 15.1. The van der Waals surface area contributed by atoms with Gasteiger partial charge in [-0.15, -0.1) is 0 Å². The van der Waals surface area contributed by atoms with Gasteiger partial charge in [0.15, 0.2) is 0 Å². The average molecular weight is 302 g/mol. The van der Waals surface area contributed by atoms with Crippen LogP contribution in [0.4, 0.5) is 0 Å². The molecule has 0 radical (unpaired) electrons. The van der Waals surface area contributed by atoms with Gasteiger partial charge in [-0.25, -0.2) is 0 Å². The molecule has 2 atom stereocenters. The smallest absolute Gasteiger partial charge is 0.0575 e. The SMILES string of the molecule is NC(CCC1CCCCO1)Cc1ccc(Cl)cc1Cl. The van der Waals surface area contributed by atoms with Crippen LogP contribution in [0.5, 0.6) is 0 Å². The molecule has 4 heteroatoms. The number of hydrogen-bond donors (Lipinski definition) is 1. The van der Waals surface area contributed by atoms with Crippen molar-refractivity contribution in [1.82, 2.24) is 0 Å². The molecule has 2 N–H and O–H groups in total. The van der Waals surface area contributed by atoms with Gasteiger partial charge in [0, 0.05) is 22.7 Å². The molecule has 0 saturated carbocycles. The Morgan fingerprint density at radius 1 is 1.32 bits per heavy atom. The van der Waals surface area contributed by atoms with Crippen LogP contribution < -0.4 is 5.73 Å². The molecule has 0 amide bonds. The first-order valence-electron chi connectivity index (χ1n) is 6.96. The highest BCUT2D eigenvalue weighted by molar-refractivity contribution is 6.35. The van der Waals surface area contributed by atoms with Crippen molar-refractivity contribution < 1.29 is 4.74 Å². The van der Waals surface area contributed by atoms with Crippen molar-refractivity contribution in [3.63, 3.8) is 0 Å². The second-order valence-corrected chi connectivity index (χ2v) is 6.11. The Balaban J connectivity index is 1.78. The van der Waals surface area contributed by atoms with E-state index in [2.05, 4.69) is 0 Å². The Morgan fingerprint density at radius 2 is 2.16 bits per heavy atom. The van der Waals surface area contributed by atoms with Crippen molar-refractivity contribution in [2.24, 2.45) is 5.73 Å². The highest BCUT2D eigenvalue weighted by Gasteiger charge is 2.15. The first-order valence-corrected chi connectivity index (χ1v) is 7.72. The van der Waals surface area contributed by atoms with Crippen LogP contribution >= 0.6 is 23.2 Å².